The number of terminal acetylenes is 1. The van der Waals surface area contributed by atoms with Crippen LogP contribution in [0.5, 0.6) is 0 Å². The van der Waals surface area contributed by atoms with E-state index >= 15 is 0 Å². The van der Waals surface area contributed by atoms with Crippen LogP contribution >= 0.6 is 27.5 Å². The van der Waals surface area contributed by atoms with E-state index in [0.717, 1.165) is 4.47 Å². The van der Waals surface area contributed by atoms with Gasteiger partial charge in [-0.05, 0) is 18.2 Å². The maximum Gasteiger partial charge on any atom is 0.242 e. The predicted molar refractivity (Wildman–Crippen MR) is 69.2 cm³/mol. The van der Waals surface area contributed by atoms with Crippen LogP contribution in [-0.2, 0) is 4.79 Å². The van der Waals surface area contributed by atoms with Gasteiger partial charge >= 0.3 is 0 Å². The van der Waals surface area contributed by atoms with Gasteiger partial charge in [0.1, 0.15) is 0 Å². The summed E-state index contributed by atoms with van der Waals surface area (Å²) in [5.41, 5.74) is 6.06. The number of hydrogen-bond donors (Lipinski definition) is 2. The lowest BCUT2D eigenvalue weighted by molar-refractivity contribution is -0.117. The van der Waals surface area contributed by atoms with E-state index in [2.05, 4.69) is 27.2 Å². The molecule has 16 heavy (non-hydrogen) atoms. The van der Waals surface area contributed by atoms with Gasteiger partial charge in [-0.1, -0.05) is 27.5 Å². The fourth-order valence-corrected chi connectivity index (χ4v) is 1.56. The topological polar surface area (TPSA) is 55.1 Å². The summed E-state index contributed by atoms with van der Waals surface area (Å²) in [6, 6.07) is 4.43. The Morgan fingerprint density at radius 1 is 1.69 bits per heavy atom. The summed E-state index contributed by atoms with van der Waals surface area (Å²) in [5, 5.41) is 3.06. The molecular weight excluding hydrogens is 291 g/mol. The normalized spacial score (nSPS) is 11.6. The highest BCUT2D eigenvalue weighted by atomic mass is 79.9. The van der Waals surface area contributed by atoms with E-state index in [-0.39, 0.29) is 12.3 Å². The summed E-state index contributed by atoms with van der Waals surface area (Å²) < 4.78 is 0.817. The third-order valence-corrected chi connectivity index (χ3v) is 2.68. The zero-order chi connectivity index (χ0) is 12.1. The van der Waals surface area contributed by atoms with Crippen molar-refractivity contribution in [2.45, 2.75) is 12.5 Å². The molecule has 1 aromatic rings. The summed E-state index contributed by atoms with van der Waals surface area (Å²) in [6.45, 7) is 0. The van der Waals surface area contributed by atoms with Crippen LogP contribution in [0.3, 0.4) is 0 Å². The van der Waals surface area contributed by atoms with Crippen LogP contribution in [0.25, 0.3) is 0 Å². The Morgan fingerprint density at radius 2 is 2.38 bits per heavy atom. The lowest BCUT2D eigenvalue weighted by Crippen LogP contribution is -2.35. The van der Waals surface area contributed by atoms with Crippen LogP contribution < -0.4 is 11.1 Å². The minimum atomic E-state index is -0.722. The molecule has 5 heteroatoms. The molecule has 0 fully saturated rings. The number of carbonyl (C=O) groups is 1. The molecule has 0 aliphatic rings. The molecule has 0 saturated carbocycles. The standard InChI is InChI=1S/C11H10BrClN2O/c1-2-3-9(14)11(16)15-10-6-7(12)4-5-8(10)13/h1,4-6,9H,3,14H2,(H,15,16). The minimum absolute atomic E-state index is 0.192. The zero-order valence-electron chi connectivity index (χ0n) is 8.34. The van der Waals surface area contributed by atoms with Crippen molar-refractivity contribution in [2.24, 2.45) is 5.73 Å². The Balaban J connectivity index is 2.77. The third kappa shape index (κ3) is 3.53. The first-order valence-electron chi connectivity index (χ1n) is 4.49. The van der Waals surface area contributed by atoms with Gasteiger partial charge in [-0.25, -0.2) is 0 Å². The van der Waals surface area contributed by atoms with E-state index in [9.17, 15) is 4.79 Å². The molecule has 1 amide bonds. The van der Waals surface area contributed by atoms with Gasteiger partial charge in [0.25, 0.3) is 0 Å². The van der Waals surface area contributed by atoms with E-state index in [1.807, 2.05) is 0 Å². The molecule has 0 aromatic heterocycles. The Bertz CT molecular complexity index is 442. The molecule has 1 rings (SSSR count). The molecule has 84 valence electrons. The Labute approximate surface area is 107 Å². The Kier molecular flexibility index (Phi) is 4.81. The van der Waals surface area contributed by atoms with Crippen molar-refractivity contribution in [3.63, 3.8) is 0 Å². The van der Waals surface area contributed by atoms with Crippen LogP contribution in [0.4, 0.5) is 5.69 Å². The smallest absolute Gasteiger partial charge is 0.242 e. The molecule has 0 aliphatic heterocycles. The van der Waals surface area contributed by atoms with Crippen LogP contribution in [0.2, 0.25) is 5.02 Å². The molecule has 0 spiro atoms. The van der Waals surface area contributed by atoms with Gasteiger partial charge in [-0.2, -0.15) is 0 Å². The first-order chi connectivity index (χ1) is 7.54. The van der Waals surface area contributed by atoms with Crippen LogP contribution in [0, 0.1) is 12.3 Å². The number of nitrogens with two attached hydrogens (primary N) is 1. The molecule has 0 radical (unpaired) electrons. The van der Waals surface area contributed by atoms with Crippen molar-refractivity contribution in [3.8, 4) is 12.3 Å². The average molecular weight is 302 g/mol. The Hall–Kier alpha value is -1.02. The van der Waals surface area contributed by atoms with Gasteiger partial charge in [0.2, 0.25) is 5.91 Å². The maximum absolute atomic E-state index is 11.6. The lowest BCUT2D eigenvalue weighted by atomic mass is 10.2. The predicted octanol–water partition coefficient (Wildman–Crippen LogP) is 2.39. The number of nitrogens with one attached hydrogen (secondary N) is 1. The van der Waals surface area contributed by atoms with Crippen molar-refractivity contribution in [3.05, 3.63) is 27.7 Å². The van der Waals surface area contributed by atoms with Gasteiger partial charge in [0, 0.05) is 10.9 Å². The third-order valence-electron chi connectivity index (χ3n) is 1.86. The summed E-state index contributed by atoms with van der Waals surface area (Å²) in [5.74, 6) is 1.98. The van der Waals surface area contributed by atoms with Crippen LogP contribution in [-0.4, -0.2) is 11.9 Å². The molecular formula is C11H10BrClN2O. The van der Waals surface area contributed by atoms with Crippen LogP contribution in [0.1, 0.15) is 6.42 Å². The van der Waals surface area contributed by atoms with Crippen molar-refractivity contribution in [1.82, 2.24) is 0 Å². The summed E-state index contributed by atoms with van der Waals surface area (Å²) in [7, 11) is 0. The number of carbonyl (C=O) groups excluding carboxylic acids is 1. The molecule has 1 atom stereocenters. The molecule has 3 N–H and O–H groups in total. The van der Waals surface area contributed by atoms with E-state index in [0.29, 0.717) is 10.7 Å². The molecule has 0 bridgehead atoms. The fraction of sp³-hybridized carbons (Fsp3) is 0.182. The monoisotopic (exact) mass is 300 g/mol. The Morgan fingerprint density at radius 3 is 3.00 bits per heavy atom. The van der Waals surface area contributed by atoms with Crippen molar-refractivity contribution < 1.29 is 4.79 Å². The highest BCUT2D eigenvalue weighted by Crippen LogP contribution is 2.25. The van der Waals surface area contributed by atoms with Crippen molar-refractivity contribution in [1.29, 1.82) is 0 Å². The number of benzene rings is 1. The molecule has 1 unspecified atom stereocenters. The first-order valence-corrected chi connectivity index (χ1v) is 5.66. The summed E-state index contributed by atoms with van der Waals surface area (Å²) in [4.78, 5) is 11.6. The summed E-state index contributed by atoms with van der Waals surface area (Å²) >= 11 is 9.19. The second kappa shape index (κ2) is 5.90. The van der Waals surface area contributed by atoms with E-state index < -0.39 is 6.04 Å². The minimum Gasteiger partial charge on any atom is -0.323 e. The SMILES string of the molecule is C#CCC(N)C(=O)Nc1cc(Br)ccc1Cl. The average Bonchev–Trinajstić information content (AvgIpc) is 2.23. The number of anilines is 1. The molecule has 1 aromatic carbocycles. The van der Waals surface area contributed by atoms with Gasteiger partial charge in [0.15, 0.2) is 0 Å². The quantitative estimate of drug-likeness (QED) is 0.842. The van der Waals surface area contributed by atoms with E-state index in [1.165, 1.54) is 0 Å². The zero-order valence-corrected chi connectivity index (χ0v) is 10.7. The number of halogens is 2. The molecule has 0 saturated heterocycles. The molecule has 0 aliphatic carbocycles. The molecule has 3 nitrogen and oxygen atoms in total. The largest absolute Gasteiger partial charge is 0.323 e. The van der Waals surface area contributed by atoms with Crippen molar-refractivity contribution in [2.75, 3.05) is 5.32 Å². The fourth-order valence-electron chi connectivity index (χ4n) is 1.04. The maximum atomic E-state index is 11.6. The van der Waals surface area contributed by atoms with E-state index in [4.69, 9.17) is 23.8 Å². The van der Waals surface area contributed by atoms with Crippen LogP contribution in [0.15, 0.2) is 22.7 Å². The van der Waals surface area contributed by atoms with Gasteiger partial charge in [0.05, 0.1) is 16.8 Å². The highest BCUT2D eigenvalue weighted by molar-refractivity contribution is 9.10. The van der Waals surface area contributed by atoms with E-state index in [1.54, 1.807) is 18.2 Å². The number of rotatable bonds is 3. The first kappa shape index (κ1) is 13.0. The van der Waals surface area contributed by atoms with Crippen molar-refractivity contribution >= 4 is 39.1 Å². The van der Waals surface area contributed by atoms with Gasteiger partial charge in [-0.3, -0.25) is 4.79 Å². The number of amides is 1. The lowest BCUT2D eigenvalue weighted by Gasteiger charge is -2.11. The molecule has 0 heterocycles. The summed E-state index contributed by atoms with van der Waals surface area (Å²) in [6.07, 6.45) is 5.26. The second-order valence-corrected chi connectivity index (χ2v) is 4.45. The number of hydrogen-bond acceptors (Lipinski definition) is 2. The highest BCUT2D eigenvalue weighted by Gasteiger charge is 2.13. The second-order valence-electron chi connectivity index (χ2n) is 3.13. The van der Waals surface area contributed by atoms with Gasteiger partial charge in [-0.15, -0.1) is 12.3 Å². The van der Waals surface area contributed by atoms with Gasteiger partial charge < -0.3 is 11.1 Å².